The van der Waals surface area contributed by atoms with Crippen LogP contribution in [0.4, 0.5) is 0 Å². The fraction of sp³-hybridized carbons (Fsp3) is 0.636. The van der Waals surface area contributed by atoms with Gasteiger partial charge in [0.05, 0.1) is 0 Å². The number of hydrogen-bond donors (Lipinski definition) is 1. The number of benzene rings is 1. The maximum Gasteiger partial charge on any atom is 0.257 e. The standard InChI is InChI=1S/C22H32N2O5/c25-22(23-15-19-6-11-26-12-7-19)17-28-21-3-1-18(2-4-21)5-10-24-29-16-20-8-13-27-14-9-20/h1-4,10,19-20H,5-9,11-17H2,(H,23,25). The summed E-state index contributed by atoms with van der Waals surface area (Å²) in [5.41, 5.74) is 1.11. The second-order valence-electron chi connectivity index (χ2n) is 7.64. The Bertz CT molecular complexity index is 623. The van der Waals surface area contributed by atoms with Gasteiger partial charge < -0.3 is 24.4 Å². The molecular weight excluding hydrogens is 372 g/mol. The van der Waals surface area contributed by atoms with Gasteiger partial charge in [-0.2, -0.15) is 0 Å². The zero-order valence-corrected chi connectivity index (χ0v) is 17.0. The molecule has 2 fully saturated rings. The smallest absolute Gasteiger partial charge is 0.257 e. The first kappa shape index (κ1) is 21.6. The molecule has 1 aromatic carbocycles. The third kappa shape index (κ3) is 8.41. The van der Waals surface area contributed by atoms with Gasteiger partial charge in [0.1, 0.15) is 12.4 Å². The van der Waals surface area contributed by atoms with Crippen LogP contribution >= 0.6 is 0 Å². The van der Waals surface area contributed by atoms with Gasteiger partial charge in [0.2, 0.25) is 0 Å². The molecule has 2 saturated heterocycles. The Labute approximate surface area is 172 Å². The lowest BCUT2D eigenvalue weighted by atomic mass is 10.0. The van der Waals surface area contributed by atoms with Crippen LogP contribution in [-0.4, -0.2) is 58.3 Å². The molecule has 2 aliphatic heterocycles. The summed E-state index contributed by atoms with van der Waals surface area (Å²) in [6.07, 6.45) is 6.58. The lowest BCUT2D eigenvalue weighted by Gasteiger charge is -2.22. The fourth-order valence-corrected chi connectivity index (χ4v) is 3.39. The molecule has 0 saturated carbocycles. The first-order valence-electron chi connectivity index (χ1n) is 10.6. The monoisotopic (exact) mass is 404 g/mol. The van der Waals surface area contributed by atoms with E-state index >= 15 is 0 Å². The van der Waals surface area contributed by atoms with Crippen molar-refractivity contribution in [2.24, 2.45) is 17.0 Å². The Morgan fingerprint density at radius 3 is 2.38 bits per heavy atom. The van der Waals surface area contributed by atoms with Crippen LogP contribution in [0.15, 0.2) is 29.4 Å². The third-order valence-corrected chi connectivity index (χ3v) is 5.35. The van der Waals surface area contributed by atoms with Crippen molar-refractivity contribution in [1.29, 1.82) is 0 Å². The molecule has 0 aromatic heterocycles. The second-order valence-corrected chi connectivity index (χ2v) is 7.64. The highest BCUT2D eigenvalue weighted by Crippen LogP contribution is 2.15. The van der Waals surface area contributed by atoms with Gasteiger partial charge in [-0.3, -0.25) is 4.79 Å². The van der Waals surface area contributed by atoms with Crippen molar-refractivity contribution in [2.75, 3.05) is 46.2 Å². The first-order chi connectivity index (χ1) is 14.3. The largest absolute Gasteiger partial charge is 0.484 e. The summed E-state index contributed by atoms with van der Waals surface area (Å²) in [6, 6.07) is 7.69. The predicted molar refractivity (Wildman–Crippen MR) is 110 cm³/mol. The van der Waals surface area contributed by atoms with Gasteiger partial charge >= 0.3 is 0 Å². The number of ether oxygens (including phenoxy) is 3. The number of hydrogen-bond acceptors (Lipinski definition) is 6. The van der Waals surface area contributed by atoms with Crippen molar-refractivity contribution in [2.45, 2.75) is 32.1 Å². The highest BCUT2D eigenvalue weighted by molar-refractivity contribution is 5.77. The molecule has 0 spiro atoms. The second kappa shape index (κ2) is 12.4. The molecule has 2 heterocycles. The first-order valence-corrected chi connectivity index (χ1v) is 10.6. The van der Waals surface area contributed by atoms with Gasteiger partial charge in [0.25, 0.3) is 5.91 Å². The van der Waals surface area contributed by atoms with Crippen LogP contribution in [0.2, 0.25) is 0 Å². The van der Waals surface area contributed by atoms with Gasteiger partial charge in [0.15, 0.2) is 6.61 Å². The maximum absolute atomic E-state index is 11.9. The number of rotatable bonds is 10. The van der Waals surface area contributed by atoms with Crippen molar-refractivity contribution in [1.82, 2.24) is 5.32 Å². The van der Waals surface area contributed by atoms with Crippen molar-refractivity contribution in [3.8, 4) is 5.75 Å². The minimum absolute atomic E-state index is 0.0318. The minimum Gasteiger partial charge on any atom is -0.484 e. The Balaban J connectivity index is 1.27. The van der Waals surface area contributed by atoms with Gasteiger partial charge in [-0.05, 0) is 49.3 Å². The summed E-state index contributed by atoms with van der Waals surface area (Å²) in [5.74, 6) is 1.65. The van der Waals surface area contributed by atoms with Gasteiger partial charge in [-0.1, -0.05) is 17.3 Å². The quantitative estimate of drug-likeness (QED) is 0.479. The average molecular weight is 405 g/mol. The lowest BCUT2D eigenvalue weighted by Crippen LogP contribution is -2.35. The summed E-state index contributed by atoms with van der Waals surface area (Å²) in [6.45, 7) is 4.60. The summed E-state index contributed by atoms with van der Waals surface area (Å²) in [4.78, 5) is 17.3. The number of carbonyl (C=O) groups is 1. The molecule has 1 amide bonds. The number of carbonyl (C=O) groups excluding carboxylic acids is 1. The molecule has 29 heavy (non-hydrogen) atoms. The molecule has 0 bridgehead atoms. The number of nitrogens with one attached hydrogen (secondary N) is 1. The van der Waals surface area contributed by atoms with Crippen LogP contribution in [0.5, 0.6) is 5.75 Å². The molecule has 7 heteroatoms. The van der Waals surface area contributed by atoms with E-state index in [0.717, 1.165) is 57.7 Å². The zero-order valence-electron chi connectivity index (χ0n) is 17.0. The summed E-state index contributed by atoms with van der Waals surface area (Å²) in [7, 11) is 0. The van der Waals surface area contributed by atoms with Crippen molar-refractivity contribution in [3.63, 3.8) is 0 Å². The van der Waals surface area contributed by atoms with E-state index in [0.29, 0.717) is 37.2 Å². The molecule has 1 N–H and O–H groups in total. The van der Waals surface area contributed by atoms with E-state index in [-0.39, 0.29) is 12.5 Å². The van der Waals surface area contributed by atoms with Crippen LogP contribution in [0, 0.1) is 11.8 Å². The van der Waals surface area contributed by atoms with E-state index in [9.17, 15) is 4.79 Å². The number of oxime groups is 1. The van der Waals surface area contributed by atoms with Crippen LogP contribution in [0.1, 0.15) is 31.2 Å². The van der Waals surface area contributed by atoms with E-state index < -0.39 is 0 Å². The Morgan fingerprint density at radius 1 is 1.03 bits per heavy atom. The van der Waals surface area contributed by atoms with Crippen molar-refractivity contribution in [3.05, 3.63) is 29.8 Å². The van der Waals surface area contributed by atoms with E-state index in [1.165, 1.54) is 0 Å². The van der Waals surface area contributed by atoms with Crippen LogP contribution in [-0.2, 0) is 25.5 Å². The predicted octanol–water partition coefficient (Wildman–Crippen LogP) is 2.58. The molecule has 7 nitrogen and oxygen atoms in total. The summed E-state index contributed by atoms with van der Waals surface area (Å²) in [5, 5.41) is 6.98. The minimum atomic E-state index is -0.0885. The number of nitrogens with zero attached hydrogens (tertiary/aromatic N) is 1. The Kier molecular flexibility index (Phi) is 9.26. The van der Waals surface area contributed by atoms with E-state index in [1.54, 1.807) is 6.21 Å². The van der Waals surface area contributed by atoms with Gasteiger partial charge in [-0.25, -0.2) is 0 Å². The van der Waals surface area contributed by atoms with Crippen LogP contribution < -0.4 is 10.1 Å². The van der Waals surface area contributed by atoms with Gasteiger partial charge in [0, 0.05) is 51.5 Å². The molecule has 0 unspecified atom stereocenters. The van der Waals surface area contributed by atoms with Crippen molar-refractivity contribution >= 4 is 12.1 Å². The number of amides is 1. The lowest BCUT2D eigenvalue weighted by molar-refractivity contribution is -0.123. The molecule has 1 aromatic rings. The molecule has 0 aliphatic carbocycles. The molecule has 160 valence electrons. The average Bonchev–Trinajstić information content (AvgIpc) is 2.78. The van der Waals surface area contributed by atoms with Crippen molar-refractivity contribution < 1.29 is 23.8 Å². The van der Waals surface area contributed by atoms with Crippen LogP contribution in [0.3, 0.4) is 0 Å². The van der Waals surface area contributed by atoms with E-state index in [2.05, 4.69) is 10.5 Å². The van der Waals surface area contributed by atoms with E-state index in [1.807, 2.05) is 24.3 Å². The molecule has 3 rings (SSSR count). The Morgan fingerprint density at radius 2 is 1.69 bits per heavy atom. The normalized spacial score (nSPS) is 18.6. The maximum atomic E-state index is 11.9. The highest BCUT2D eigenvalue weighted by atomic mass is 16.6. The summed E-state index contributed by atoms with van der Waals surface area (Å²) >= 11 is 0. The SMILES string of the molecule is O=C(COc1ccc(CC=NOCC2CCOCC2)cc1)NCC1CCOCC1. The van der Waals surface area contributed by atoms with E-state index in [4.69, 9.17) is 19.0 Å². The highest BCUT2D eigenvalue weighted by Gasteiger charge is 2.15. The molecule has 0 atom stereocenters. The molecular formula is C22H32N2O5. The van der Waals surface area contributed by atoms with Crippen LogP contribution in [0.25, 0.3) is 0 Å². The topological polar surface area (TPSA) is 78.4 Å². The Hall–Kier alpha value is -2.12. The molecule has 0 radical (unpaired) electrons. The zero-order chi connectivity index (χ0) is 20.2. The molecule has 2 aliphatic rings. The third-order valence-electron chi connectivity index (χ3n) is 5.35. The van der Waals surface area contributed by atoms with Gasteiger partial charge in [-0.15, -0.1) is 0 Å². The fourth-order valence-electron chi connectivity index (χ4n) is 3.39. The summed E-state index contributed by atoms with van der Waals surface area (Å²) < 4.78 is 16.2.